The molecule has 0 bridgehead atoms. The molecular formula is C17H20N2O2. The number of hydrogen-bond acceptors (Lipinski definition) is 3. The summed E-state index contributed by atoms with van der Waals surface area (Å²) in [7, 11) is 0. The maximum absolute atomic E-state index is 12.6. The summed E-state index contributed by atoms with van der Waals surface area (Å²) in [5.41, 5.74) is 0.980. The van der Waals surface area contributed by atoms with Gasteiger partial charge in [0.1, 0.15) is 0 Å². The van der Waals surface area contributed by atoms with E-state index in [9.17, 15) is 9.90 Å². The first kappa shape index (κ1) is 14.1. The lowest BCUT2D eigenvalue weighted by Crippen LogP contribution is -2.49. The highest BCUT2D eigenvalue weighted by atomic mass is 16.3. The van der Waals surface area contributed by atoms with Crippen molar-refractivity contribution < 1.29 is 9.90 Å². The van der Waals surface area contributed by atoms with Crippen molar-refractivity contribution >= 4 is 5.91 Å². The minimum Gasteiger partial charge on any atom is -0.392 e. The van der Waals surface area contributed by atoms with Crippen molar-refractivity contribution in [3.05, 3.63) is 35.4 Å². The van der Waals surface area contributed by atoms with E-state index >= 15 is 0 Å². The van der Waals surface area contributed by atoms with Crippen LogP contribution in [-0.4, -0.2) is 35.1 Å². The lowest BCUT2D eigenvalue weighted by molar-refractivity contribution is -0.00536. The molecule has 3 rings (SSSR count). The summed E-state index contributed by atoms with van der Waals surface area (Å²) < 4.78 is 0. The van der Waals surface area contributed by atoms with E-state index in [2.05, 4.69) is 6.07 Å². The Kier molecular flexibility index (Phi) is 3.69. The molecule has 1 aliphatic heterocycles. The van der Waals surface area contributed by atoms with E-state index < -0.39 is 0 Å². The van der Waals surface area contributed by atoms with Crippen LogP contribution in [0, 0.1) is 16.7 Å². The molecule has 4 nitrogen and oxygen atoms in total. The van der Waals surface area contributed by atoms with Crippen LogP contribution in [-0.2, 0) is 0 Å². The van der Waals surface area contributed by atoms with E-state index in [1.165, 1.54) is 0 Å². The van der Waals surface area contributed by atoms with Crippen LogP contribution < -0.4 is 0 Å². The number of carbonyl (C=O) groups is 1. The number of nitrogens with zero attached hydrogens (tertiary/aromatic N) is 2. The zero-order chi connectivity index (χ0) is 14.9. The highest BCUT2D eigenvalue weighted by Gasteiger charge is 2.45. The van der Waals surface area contributed by atoms with Crippen LogP contribution in [0.3, 0.4) is 0 Å². The number of rotatable bonds is 1. The second-order valence-corrected chi connectivity index (χ2v) is 6.29. The number of aliphatic hydroxyl groups is 1. The lowest BCUT2D eigenvalue weighted by atomic mass is 9.76. The van der Waals surface area contributed by atoms with Gasteiger partial charge in [0.05, 0.1) is 17.7 Å². The van der Waals surface area contributed by atoms with Gasteiger partial charge in [0.15, 0.2) is 0 Å². The summed E-state index contributed by atoms with van der Waals surface area (Å²) in [5.74, 6) is -0.0229. The Labute approximate surface area is 125 Å². The average Bonchev–Trinajstić information content (AvgIpc) is 2.87. The number of amides is 1. The molecule has 0 radical (unpaired) electrons. The molecule has 0 aromatic heterocycles. The SMILES string of the molecule is N#Cc1cccc(C(=O)N2CCC[C@@]3(CCC[C@H]3O)C2)c1. The molecule has 1 aliphatic carbocycles. The summed E-state index contributed by atoms with van der Waals surface area (Å²) >= 11 is 0. The Hall–Kier alpha value is -1.86. The van der Waals surface area contributed by atoms with Gasteiger partial charge in [-0.1, -0.05) is 12.5 Å². The molecule has 1 amide bonds. The fourth-order valence-electron chi connectivity index (χ4n) is 3.83. The second kappa shape index (κ2) is 5.50. The average molecular weight is 284 g/mol. The summed E-state index contributed by atoms with van der Waals surface area (Å²) in [6, 6.07) is 8.93. The van der Waals surface area contributed by atoms with E-state index in [1.807, 2.05) is 4.90 Å². The van der Waals surface area contributed by atoms with Crippen molar-refractivity contribution in [3.63, 3.8) is 0 Å². The largest absolute Gasteiger partial charge is 0.392 e. The van der Waals surface area contributed by atoms with Gasteiger partial charge >= 0.3 is 0 Å². The van der Waals surface area contributed by atoms with Crippen LogP contribution in [0.1, 0.15) is 48.0 Å². The van der Waals surface area contributed by atoms with Crippen molar-refractivity contribution in [2.24, 2.45) is 5.41 Å². The van der Waals surface area contributed by atoms with Crippen molar-refractivity contribution in [2.75, 3.05) is 13.1 Å². The molecule has 110 valence electrons. The van der Waals surface area contributed by atoms with Gasteiger partial charge in [-0.15, -0.1) is 0 Å². The first-order valence-electron chi connectivity index (χ1n) is 7.62. The monoisotopic (exact) mass is 284 g/mol. The third-order valence-corrected chi connectivity index (χ3v) is 4.99. The summed E-state index contributed by atoms with van der Waals surface area (Å²) in [6.07, 6.45) is 4.59. The van der Waals surface area contributed by atoms with Gasteiger partial charge in [0.2, 0.25) is 0 Å². The summed E-state index contributed by atoms with van der Waals surface area (Å²) in [5, 5.41) is 19.2. The quantitative estimate of drug-likeness (QED) is 0.860. The van der Waals surface area contributed by atoms with Gasteiger partial charge in [-0.2, -0.15) is 5.26 Å². The van der Waals surface area contributed by atoms with E-state index in [1.54, 1.807) is 24.3 Å². The van der Waals surface area contributed by atoms with Gasteiger partial charge in [0.25, 0.3) is 5.91 Å². The van der Waals surface area contributed by atoms with Crippen molar-refractivity contribution in [2.45, 2.75) is 38.2 Å². The topological polar surface area (TPSA) is 64.3 Å². The van der Waals surface area contributed by atoms with Gasteiger partial charge in [-0.25, -0.2) is 0 Å². The predicted octanol–water partition coefficient (Wildman–Crippen LogP) is 2.33. The molecule has 2 aliphatic rings. The third-order valence-electron chi connectivity index (χ3n) is 4.99. The molecule has 1 N–H and O–H groups in total. The van der Waals surface area contributed by atoms with Crippen molar-refractivity contribution in [3.8, 4) is 6.07 Å². The highest BCUT2D eigenvalue weighted by Crippen LogP contribution is 2.45. The lowest BCUT2D eigenvalue weighted by Gasteiger charge is -2.42. The molecule has 1 heterocycles. The minimum absolute atomic E-state index is 0.0229. The summed E-state index contributed by atoms with van der Waals surface area (Å²) in [4.78, 5) is 14.5. The molecule has 1 spiro atoms. The second-order valence-electron chi connectivity index (χ2n) is 6.29. The predicted molar refractivity (Wildman–Crippen MR) is 78.6 cm³/mol. The van der Waals surface area contributed by atoms with E-state index in [0.717, 1.165) is 38.6 Å². The van der Waals surface area contributed by atoms with Crippen LogP contribution in [0.25, 0.3) is 0 Å². The Morgan fingerprint density at radius 2 is 2.19 bits per heavy atom. The standard InChI is InChI=1S/C17H20N2O2/c18-11-13-4-1-5-14(10-13)16(21)19-9-3-8-17(12-19)7-2-6-15(17)20/h1,4-5,10,15,20H,2-3,6-9,12H2/t15-,17+/m1/s1. The fourth-order valence-corrected chi connectivity index (χ4v) is 3.83. The smallest absolute Gasteiger partial charge is 0.253 e. The van der Waals surface area contributed by atoms with E-state index in [4.69, 9.17) is 5.26 Å². The van der Waals surface area contributed by atoms with Crippen LogP contribution in [0.15, 0.2) is 24.3 Å². The van der Waals surface area contributed by atoms with Gasteiger partial charge in [-0.3, -0.25) is 4.79 Å². The zero-order valence-electron chi connectivity index (χ0n) is 12.1. The maximum Gasteiger partial charge on any atom is 0.253 e. The third kappa shape index (κ3) is 2.54. The minimum atomic E-state index is -0.279. The fraction of sp³-hybridized carbons (Fsp3) is 0.529. The Bertz CT molecular complexity index is 593. The number of nitriles is 1. The van der Waals surface area contributed by atoms with Gasteiger partial charge < -0.3 is 10.0 Å². The van der Waals surface area contributed by atoms with E-state index in [0.29, 0.717) is 17.7 Å². The number of carbonyl (C=O) groups excluding carboxylic acids is 1. The molecule has 1 saturated heterocycles. The maximum atomic E-state index is 12.6. The van der Waals surface area contributed by atoms with Crippen LogP contribution >= 0.6 is 0 Å². The molecule has 2 atom stereocenters. The number of hydrogen-bond donors (Lipinski definition) is 1. The van der Waals surface area contributed by atoms with Crippen LogP contribution in [0.4, 0.5) is 0 Å². The van der Waals surface area contributed by atoms with Gasteiger partial charge in [-0.05, 0) is 43.9 Å². The number of benzene rings is 1. The number of piperidine rings is 1. The van der Waals surface area contributed by atoms with Crippen molar-refractivity contribution in [1.29, 1.82) is 5.26 Å². The Morgan fingerprint density at radius 3 is 2.90 bits per heavy atom. The molecule has 1 aromatic carbocycles. The Morgan fingerprint density at radius 1 is 1.38 bits per heavy atom. The van der Waals surface area contributed by atoms with Crippen LogP contribution in [0.5, 0.6) is 0 Å². The number of likely N-dealkylation sites (tertiary alicyclic amines) is 1. The zero-order valence-corrected chi connectivity index (χ0v) is 12.1. The number of aliphatic hydroxyl groups excluding tert-OH is 1. The van der Waals surface area contributed by atoms with Crippen LogP contribution in [0.2, 0.25) is 0 Å². The van der Waals surface area contributed by atoms with Gasteiger partial charge in [0, 0.05) is 24.1 Å². The molecule has 0 unspecified atom stereocenters. The molecule has 21 heavy (non-hydrogen) atoms. The molecule has 1 saturated carbocycles. The van der Waals surface area contributed by atoms with E-state index in [-0.39, 0.29) is 17.4 Å². The highest BCUT2D eigenvalue weighted by molar-refractivity contribution is 5.94. The first-order valence-corrected chi connectivity index (χ1v) is 7.62. The summed E-state index contributed by atoms with van der Waals surface area (Å²) in [6.45, 7) is 1.38. The van der Waals surface area contributed by atoms with Crippen molar-refractivity contribution in [1.82, 2.24) is 4.90 Å². The molecular weight excluding hydrogens is 264 g/mol. The normalized spacial score (nSPS) is 28.6. The molecule has 2 fully saturated rings. The Balaban J connectivity index is 1.80. The molecule has 1 aromatic rings. The first-order chi connectivity index (χ1) is 10.1. The molecule has 4 heteroatoms.